The van der Waals surface area contributed by atoms with Gasteiger partial charge in [0, 0.05) is 54.8 Å². The van der Waals surface area contributed by atoms with Gasteiger partial charge in [0.25, 0.3) is 11.8 Å². The van der Waals surface area contributed by atoms with Gasteiger partial charge in [-0.05, 0) is 18.2 Å². The first kappa shape index (κ1) is 17.4. The largest absolute Gasteiger partial charge is 0.377 e. The fourth-order valence-electron chi connectivity index (χ4n) is 3.08. The number of carbonyl (C=O) groups is 3. The van der Waals surface area contributed by atoms with Crippen LogP contribution < -0.4 is 10.2 Å². The van der Waals surface area contributed by atoms with Crippen LogP contribution in [0, 0.1) is 0 Å². The van der Waals surface area contributed by atoms with Crippen molar-refractivity contribution >= 4 is 50.1 Å². The number of imide groups is 1. The minimum Gasteiger partial charge on any atom is -0.377 e. The maximum atomic E-state index is 12.8. The third-order valence-corrected chi connectivity index (χ3v) is 4.74. The van der Waals surface area contributed by atoms with Crippen molar-refractivity contribution in [3.63, 3.8) is 0 Å². The molecule has 0 spiro atoms. The number of nitrogens with one attached hydrogen (secondary N) is 1. The van der Waals surface area contributed by atoms with E-state index in [1.54, 1.807) is 12.1 Å². The zero-order valence-corrected chi connectivity index (χ0v) is 15.6. The standard InChI is InChI=1S/C18H18BrN3O3/c1-21(2)14-7-6-13-16-11(14)4-3-5-12(16)17(24)22(18(13)25)9-8-20-15(23)10-19/h3-7H,8-10H2,1-2H3,(H,20,23). The van der Waals surface area contributed by atoms with Gasteiger partial charge in [-0.15, -0.1) is 0 Å². The molecule has 0 atom stereocenters. The average molecular weight is 404 g/mol. The topological polar surface area (TPSA) is 69.7 Å². The third kappa shape index (κ3) is 3.00. The number of hydrogen-bond acceptors (Lipinski definition) is 4. The molecular weight excluding hydrogens is 386 g/mol. The Labute approximate surface area is 153 Å². The second-order valence-corrected chi connectivity index (χ2v) is 6.56. The van der Waals surface area contributed by atoms with Crippen molar-refractivity contribution in [2.45, 2.75) is 0 Å². The van der Waals surface area contributed by atoms with Gasteiger partial charge in [0.1, 0.15) is 0 Å². The molecule has 7 heteroatoms. The van der Waals surface area contributed by atoms with Crippen LogP contribution in [0.5, 0.6) is 0 Å². The van der Waals surface area contributed by atoms with Crippen LogP contribution in [0.2, 0.25) is 0 Å². The van der Waals surface area contributed by atoms with E-state index in [0.717, 1.165) is 11.1 Å². The van der Waals surface area contributed by atoms with E-state index in [0.29, 0.717) is 16.5 Å². The number of amides is 3. The molecule has 25 heavy (non-hydrogen) atoms. The highest BCUT2D eigenvalue weighted by molar-refractivity contribution is 9.09. The van der Waals surface area contributed by atoms with Gasteiger partial charge in [-0.3, -0.25) is 19.3 Å². The van der Waals surface area contributed by atoms with Crippen molar-refractivity contribution < 1.29 is 14.4 Å². The molecule has 0 aromatic heterocycles. The summed E-state index contributed by atoms with van der Waals surface area (Å²) in [5.74, 6) is -0.839. The minimum atomic E-state index is -0.327. The van der Waals surface area contributed by atoms with E-state index in [4.69, 9.17) is 0 Å². The summed E-state index contributed by atoms with van der Waals surface area (Å²) in [4.78, 5) is 40.1. The monoisotopic (exact) mass is 403 g/mol. The van der Waals surface area contributed by atoms with Gasteiger partial charge < -0.3 is 10.2 Å². The molecule has 0 aliphatic carbocycles. The Morgan fingerprint density at radius 3 is 2.44 bits per heavy atom. The highest BCUT2D eigenvalue weighted by Gasteiger charge is 2.33. The number of anilines is 1. The molecule has 1 heterocycles. The van der Waals surface area contributed by atoms with E-state index in [1.807, 2.05) is 37.2 Å². The van der Waals surface area contributed by atoms with E-state index in [1.165, 1.54) is 4.90 Å². The third-order valence-electron chi connectivity index (χ3n) is 4.23. The number of hydrogen-bond donors (Lipinski definition) is 1. The summed E-state index contributed by atoms with van der Waals surface area (Å²) in [7, 11) is 3.85. The van der Waals surface area contributed by atoms with Crippen LogP contribution in [0.25, 0.3) is 10.8 Å². The van der Waals surface area contributed by atoms with E-state index >= 15 is 0 Å². The molecule has 0 radical (unpaired) electrons. The molecule has 0 fully saturated rings. The molecule has 0 bridgehead atoms. The van der Waals surface area contributed by atoms with E-state index in [-0.39, 0.29) is 36.1 Å². The van der Waals surface area contributed by atoms with Crippen molar-refractivity contribution in [2.24, 2.45) is 0 Å². The predicted octanol–water partition coefficient (Wildman–Crippen LogP) is 2.01. The number of halogens is 1. The number of carbonyl (C=O) groups excluding carboxylic acids is 3. The summed E-state index contributed by atoms with van der Waals surface area (Å²) in [6.45, 7) is 0.366. The first-order chi connectivity index (χ1) is 12.0. The molecule has 130 valence electrons. The molecule has 1 aliphatic rings. The summed E-state index contributed by atoms with van der Waals surface area (Å²) in [5.41, 5.74) is 1.99. The second kappa shape index (κ2) is 6.84. The predicted molar refractivity (Wildman–Crippen MR) is 100 cm³/mol. The van der Waals surface area contributed by atoms with Crippen LogP contribution >= 0.6 is 15.9 Å². The van der Waals surface area contributed by atoms with Crippen LogP contribution in [-0.4, -0.2) is 55.1 Å². The average Bonchev–Trinajstić information content (AvgIpc) is 2.61. The lowest BCUT2D eigenvalue weighted by atomic mass is 9.93. The quantitative estimate of drug-likeness (QED) is 0.612. The Morgan fingerprint density at radius 1 is 1.12 bits per heavy atom. The smallest absolute Gasteiger partial charge is 0.261 e. The Hall–Kier alpha value is -2.41. The molecule has 0 saturated carbocycles. The molecule has 6 nitrogen and oxygen atoms in total. The molecule has 2 aromatic carbocycles. The maximum Gasteiger partial charge on any atom is 0.261 e. The van der Waals surface area contributed by atoms with Crippen molar-refractivity contribution in [3.8, 4) is 0 Å². The summed E-state index contributed by atoms with van der Waals surface area (Å²) in [6.07, 6.45) is 0. The molecule has 1 N–H and O–H groups in total. The molecule has 1 aliphatic heterocycles. The molecular formula is C18H18BrN3O3. The number of alkyl halides is 1. The highest BCUT2D eigenvalue weighted by atomic mass is 79.9. The lowest BCUT2D eigenvalue weighted by molar-refractivity contribution is -0.118. The zero-order valence-electron chi connectivity index (χ0n) is 14.0. The van der Waals surface area contributed by atoms with Gasteiger partial charge in [0.2, 0.25) is 5.91 Å². The van der Waals surface area contributed by atoms with Gasteiger partial charge in [0.15, 0.2) is 0 Å². The molecule has 0 unspecified atom stereocenters. The van der Waals surface area contributed by atoms with Crippen molar-refractivity contribution in [1.82, 2.24) is 10.2 Å². The summed E-state index contributed by atoms with van der Waals surface area (Å²) >= 11 is 3.06. The van der Waals surface area contributed by atoms with Crippen LogP contribution in [0.1, 0.15) is 20.7 Å². The summed E-state index contributed by atoms with van der Waals surface area (Å²) in [5, 5.41) is 4.42. The second-order valence-electron chi connectivity index (χ2n) is 6.00. The first-order valence-electron chi connectivity index (χ1n) is 7.87. The fraction of sp³-hybridized carbons (Fsp3) is 0.278. The summed E-state index contributed by atoms with van der Waals surface area (Å²) < 4.78 is 0. The molecule has 0 saturated heterocycles. The highest BCUT2D eigenvalue weighted by Crippen LogP contribution is 2.35. The van der Waals surface area contributed by atoms with Crippen LogP contribution in [0.4, 0.5) is 5.69 Å². The lowest BCUT2D eigenvalue weighted by Gasteiger charge is -2.28. The number of nitrogens with zero attached hydrogens (tertiary/aromatic N) is 2. The Kier molecular flexibility index (Phi) is 4.76. The Bertz CT molecular complexity index is 857. The number of rotatable bonds is 5. The van der Waals surface area contributed by atoms with Crippen LogP contribution in [-0.2, 0) is 4.79 Å². The van der Waals surface area contributed by atoms with Crippen molar-refractivity contribution in [1.29, 1.82) is 0 Å². The van der Waals surface area contributed by atoms with Crippen molar-refractivity contribution in [2.75, 3.05) is 37.4 Å². The zero-order chi connectivity index (χ0) is 18.1. The Morgan fingerprint density at radius 2 is 1.80 bits per heavy atom. The fourth-order valence-corrected chi connectivity index (χ4v) is 3.28. The maximum absolute atomic E-state index is 12.8. The molecule has 2 aromatic rings. The first-order valence-corrected chi connectivity index (χ1v) is 8.99. The molecule has 3 amide bonds. The van der Waals surface area contributed by atoms with Gasteiger partial charge >= 0.3 is 0 Å². The molecule has 3 rings (SSSR count). The lowest BCUT2D eigenvalue weighted by Crippen LogP contribution is -2.44. The van der Waals surface area contributed by atoms with Gasteiger partial charge in [-0.2, -0.15) is 0 Å². The van der Waals surface area contributed by atoms with Crippen molar-refractivity contribution in [3.05, 3.63) is 41.5 Å². The normalized spacial score (nSPS) is 13.3. The SMILES string of the molecule is CN(C)c1ccc2c3c(cccc13)C(=O)N(CCNC(=O)CBr)C2=O. The van der Waals surface area contributed by atoms with Gasteiger partial charge in [0.05, 0.1) is 5.33 Å². The minimum absolute atomic E-state index is 0.141. The Balaban J connectivity index is 2.00. The van der Waals surface area contributed by atoms with E-state index < -0.39 is 0 Å². The van der Waals surface area contributed by atoms with Crippen LogP contribution in [0.15, 0.2) is 30.3 Å². The van der Waals surface area contributed by atoms with Gasteiger partial charge in [-0.25, -0.2) is 0 Å². The summed E-state index contributed by atoms with van der Waals surface area (Å²) in [6, 6.07) is 9.14. The van der Waals surface area contributed by atoms with Gasteiger partial charge in [-0.1, -0.05) is 28.1 Å². The number of benzene rings is 2. The van der Waals surface area contributed by atoms with Crippen LogP contribution in [0.3, 0.4) is 0 Å². The van der Waals surface area contributed by atoms with E-state index in [2.05, 4.69) is 21.2 Å². The van der Waals surface area contributed by atoms with E-state index in [9.17, 15) is 14.4 Å².